The van der Waals surface area contributed by atoms with Crippen molar-refractivity contribution in [2.24, 2.45) is 7.05 Å². The number of ether oxygens (including phenoxy) is 1. The molecule has 0 fully saturated rings. The van der Waals surface area contributed by atoms with Gasteiger partial charge in [-0.2, -0.15) is 9.83 Å². The van der Waals surface area contributed by atoms with Crippen molar-refractivity contribution < 1.29 is 9.30 Å². The first-order chi connectivity index (χ1) is 11.4. The second-order valence-electron chi connectivity index (χ2n) is 6.97. The maximum absolute atomic E-state index is 9.61. The number of hydrogen-bond donors (Lipinski definition) is 0. The molecule has 1 aliphatic rings. The van der Waals surface area contributed by atoms with Gasteiger partial charge in [0, 0.05) is 17.0 Å². The Balaban J connectivity index is 2.18. The Bertz CT molecular complexity index is 1040. The molecule has 0 amide bonds. The zero-order valence-electron chi connectivity index (χ0n) is 14.3. The van der Waals surface area contributed by atoms with Crippen LogP contribution in [0.1, 0.15) is 25.0 Å². The van der Waals surface area contributed by atoms with Gasteiger partial charge in [-0.15, -0.1) is 0 Å². The molecule has 0 bridgehead atoms. The van der Waals surface area contributed by atoms with E-state index in [9.17, 15) is 5.26 Å². The summed E-state index contributed by atoms with van der Waals surface area (Å²) in [6.07, 6.45) is 2.02. The maximum Gasteiger partial charge on any atom is 0.256 e. The summed E-state index contributed by atoms with van der Waals surface area (Å²) < 4.78 is 8.42. The molecule has 3 aromatic rings. The molecule has 0 unspecified atom stereocenters. The van der Waals surface area contributed by atoms with Crippen LogP contribution >= 0.6 is 0 Å². The number of nitrogens with zero attached hydrogens (tertiary/aromatic N) is 2. The Kier molecular flexibility index (Phi) is 2.95. The molecule has 0 atom stereocenters. The van der Waals surface area contributed by atoms with Crippen LogP contribution in [-0.2, 0) is 12.5 Å². The summed E-state index contributed by atoms with van der Waals surface area (Å²) in [5, 5.41) is 11.9. The monoisotopic (exact) mass is 315 g/mol. The largest absolute Gasteiger partial charge is 0.449 e. The van der Waals surface area contributed by atoms with Crippen molar-refractivity contribution in [1.29, 1.82) is 5.26 Å². The van der Waals surface area contributed by atoms with Gasteiger partial charge in [0.25, 0.3) is 5.69 Å². The Morgan fingerprint density at radius 3 is 2.67 bits per heavy atom. The van der Waals surface area contributed by atoms with Gasteiger partial charge in [0.05, 0.1) is 17.0 Å². The number of pyridine rings is 1. The van der Waals surface area contributed by atoms with E-state index in [2.05, 4.69) is 35.8 Å². The van der Waals surface area contributed by atoms with Crippen molar-refractivity contribution in [3.05, 3.63) is 53.7 Å². The molecule has 4 rings (SSSR count). The molecule has 1 aromatic heterocycles. The minimum atomic E-state index is -0.619. The van der Waals surface area contributed by atoms with E-state index in [0.717, 1.165) is 28.1 Å². The average Bonchev–Trinajstić information content (AvgIpc) is 2.57. The highest BCUT2D eigenvalue weighted by Gasteiger charge is 2.35. The smallest absolute Gasteiger partial charge is 0.256 e. The van der Waals surface area contributed by atoms with Crippen LogP contribution in [0.2, 0.25) is 0 Å². The number of fused-ring (bicyclic) bond motifs is 2. The summed E-state index contributed by atoms with van der Waals surface area (Å²) in [4.78, 5) is 0. The Morgan fingerprint density at radius 2 is 1.92 bits per heavy atom. The molecule has 0 saturated heterocycles. The number of nitriles is 1. The topological polar surface area (TPSA) is 36.9 Å². The highest BCUT2D eigenvalue weighted by molar-refractivity contribution is 6.04. The molecular weight excluding hydrogens is 296 g/mol. The fourth-order valence-electron chi connectivity index (χ4n) is 3.52. The Morgan fingerprint density at radius 1 is 1.12 bits per heavy atom. The van der Waals surface area contributed by atoms with Crippen molar-refractivity contribution in [3.63, 3.8) is 0 Å². The molecule has 2 aromatic carbocycles. The number of benzene rings is 2. The zero-order valence-corrected chi connectivity index (χ0v) is 14.3. The zero-order chi connectivity index (χ0) is 17.1. The van der Waals surface area contributed by atoms with Gasteiger partial charge in [-0.25, -0.2) is 0 Å². The first-order valence-electron chi connectivity index (χ1n) is 8.09. The summed E-state index contributed by atoms with van der Waals surface area (Å²) >= 11 is 0. The third-order valence-corrected chi connectivity index (χ3v) is 4.89. The lowest BCUT2D eigenvalue weighted by atomic mass is 9.83. The van der Waals surface area contributed by atoms with Crippen LogP contribution in [0.3, 0.4) is 0 Å². The molecule has 118 valence electrons. The summed E-state index contributed by atoms with van der Waals surface area (Å²) in [5.41, 5.74) is 3.75. The lowest BCUT2D eigenvalue weighted by Gasteiger charge is -2.25. The highest BCUT2D eigenvalue weighted by atomic mass is 16.5. The number of hydrogen-bond acceptors (Lipinski definition) is 2. The summed E-state index contributed by atoms with van der Waals surface area (Å²) in [5.74, 6) is 1.65. The van der Waals surface area contributed by atoms with Gasteiger partial charge in [-0.3, -0.25) is 0 Å². The van der Waals surface area contributed by atoms with Crippen molar-refractivity contribution >= 4 is 10.8 Å². The minimum absolute atomic E-state index is 0.619. The van der Waals surface area contributed by atoms with Crippen LogP contribution in [0.4, 0.5) is 0 Å². The average molecular weight is 315 g/mol. The highest BCUT2D eigenvalue weighted by Crippen LogP contribution is 2.49. The summed E-state index contributed by atoms with van der Waals surface area (Å²) in [6, 6.07) is 14.8. The van der Waals surface area contributed by atoms with Crippen molar-refractivity contribution in [3.8, 4) is 28.8 Å². The summed E-state index contributed by atoms with van der Waals surface area (Å²) in [7, 11) is 2.03. The Labute approximate surface area is 141 Å². The number of rotatable bonds is 1. The molecule has 0 aliphatic carbocycles. The SMILES string of the molecule is Cc1ccc2cccc3c2c1-c1c(c(C(C)(C)C#N)cc[n+]1C)O3. The van der Waals surface area contributed by atoms with Gasteiger partial charge in [0.1, 0.15) is 12.8 Å². The van der Waals surface area contributed by atoms with Gasteiger partial charge in [0.15, 0.2) is 6.20 Å². The molecule has 0 N–H and O–H groups in total. The van der Waals surface area contributed by atoms with Crippen molar-refractivity contribution in [2.45, 2.75) is 26.2 Å². The van der Waals surface area contributed by atoms with E-state index in [1.165, 1.54) is 16.5 Å². The molecule has 1 aliphatic heterocycles. The maximum atomic E-state index is 9.61. The third-order valence-electron chi connectivity index (χ3n) is 4.89. The van der Waals surface area contributed by atoms with Crippen LogP contribution in [0.5, 0.6) is 11.5 Å². The van der Waals surface area contributed by atoms with E-state index in [4.69, 9.17) is 4.74 Å². The Hall–Kier alpha value is -2.86. The van der Waals surface area contributed by atoms with Crippen molar-refractivity contribution in [1.82, 2.24) is 0 Å². The summed E-state index contributed by atoms with van der Waals surface area (Å²) in [6.45, 7) is 5.99. The quantitative estimate of drug-likeness (QED) is 0.483. The van der Waals surface area contributed by atoms with Crippen molar-refractivity contribution in [2.75, 3.05) is 0 Å². The fourth-order valence-corrected chi connectivity index (χ4v) is 3.52. The van der Waals surface area contributed by atoms with Crippen LogP contribution in [0.15, 0.2) is 42.6 Å². The van der Waals surface area contributed by atoms with Gasteiger partial charge in [0.2, 0.25) is 5.75 Å². The number of aryl methyl sites for hydroxylation is 2. The van der Waals surface area contributed by atoms with E-state index in [1.807, 2.05) is 45.3 Å². The van der Waals surface area contributed by atoms with E-state index in [-0.39, 0.29) is 0 Å². The normalized spacial score (nSPS) is 12.5. The first-order valence-corrected chi connectivity index (χ1v) is 8.09. The van der Waals surface area contributed by atoms with Crippen LogP contribution in [0, 0.1) is 18.3 Å². The van der Waals surface area contributed by atoms with Crippen LogP contribution in [0.25, 0.3) is 22.0 Å². The standard InChI is InChI=1S/C21H19N2O/c1-13-8-9-14-6-5-7-16-18(14)17(13)19-20(24-16)15(10-11-23(19)4)21(2,3)12-22/h5-11H,1-4H3/q+1. The fraction of sp³-hybridized carbons (Fsp3) is 0.238. The molecular formula is C21H19N2O+. The molecule has 2 heterocycles. The van der Waals surface area contributed by atoms with E-state index in [1.54, 1.807) is 0 Å². The van der Waals surface area contributed by atoms with Gasteiger partial charge < -0.3 is 4.74 Å². The second-order valence-corrected chi connectivity index (χ2v) is 6.97. The molecule has 0 spiro atoms. The van der Waals surface area contributed by atoms with E-state index < -0.39 is 5.41 Å². The van der Waals surface area contributed by atoms with E-state index in [0.29, 0.717) is 0 Å². The van der Waals surface area contributed by atoms with Crippen LogP contribution in [-0.4, -0.2) is 0 Å². The second kappa shape index (κ2) is 4.82. The molecule has 3 nitrogen and oxygen atoms in total. The third kappa shape index (κ3) is 1.86. The molecule has 0 radical (unpaired) electrons. The predicted octanol–water partition coefficient (Wildman–Crippen LogP) is 4.55. The van der Waals surface area contributed by atoms with Gasteiger partial charge in [-0.05, 0) is 37.8 Å². The first kappa shape index (κ1) is 14.7. The van der Waals surface area contributed by atoms with E-state index >= 15 is 0 Å². The van der Waals surface area contributed by atoms with Gasteiger partial charge >= 0.3 is 0 Å². The van der Waals surface area contributed by atoms with Gasteiger partial charge in [-0.1, -0.05) is 24.3 Å². The van der Waals surface area contributed by atoms with Crippen LogP contribution < -0.4 is 9.30 Å². The predicted molar refractivity (Wildman–Crippen MR) is 94.0 cm³/mol. The number of aromatic nitrogens is 1. The molecule has 0 saturated carbocycles. The molecule has 24 heavy (non-hydrogen) atoms. The molecule has 3 heteroatoms. The lowest BCUT2D eigenvalue weighted by molar-refractivity contribution is -0.660. The minimum Gasteiger partial charge on any atom is -0.449 e. The lowest BCUT2D eigenvalue weighted by Crippen LogP contribution is -2.34.